The van der Waals surface area contributed by atoms with Crippen molar-refractivity contribution in [3.63, 3.8) is 0 Å². The Morgan fingerprint density at radius 3 is 2.43 bits per heavy atom. The number of rotatable bonds is 6. The second-order valence-corrected chi connectivity index (χ2v) is 8.31. The average Bonchev–Trinajstić information content (AvgIpc) is 2.67. The van der Waals surface area contributed by atoms with Crippen molar-refractivity contribution in [1.29, 1.82) is 0 Å². The van der Waals surface area contributed by atoms with Crippen LogP contribution in [0.25, 0.3) is 0 Å². The van der Waals surface area contributed by atoms with Gasteiger partial charge in [0.1, 0.15) is 11.6 Å². The molecule has 1 N–H and O–H groups in total. The average molecular weight is 410 g/mol. The molecule has 0 atom stereocenters. The quantitative estimate of drug-likeness (QED) is 0.791. The van der Waals surface area contributed by atoms with E-state index in [4.69, 9.17) is 4.74 Å². The summed E-state index contributed by atoms with van der Waals surface area (Å²) in [6.07, 6.45) is 0. The first-order chi connectivity index (χ1) is 13.4. The summed E-state index contributed by atoms with van der Waals surface area (Å²) < 4.78 is 58.6. The minimum Gasteiger partial charge on any atom is -0.379 e. The monoisotopic (exact) mass is 410 g/mol. The molecule has 0 spiro atoms. The number of hydrogen-bond donors (Lipinski definition) is 1. The van der Waals surface area contributed by atoms with Gasteiger partial charge >= 0.3 is 0 Å². The van der Waals surface area contributed by atoms with Crippen molar-refractivity contribution in [3.8, 4) is 0 Å². The molecule has 0 unspecified atom stereocenters. The molecule has 1 fully saturated rings. The van der Waals surface area contributed by atoms with Gasteiger partial charge in [0.2, 0.25) is 10.0 Å². The number of morpholine rings is 1. The van der Waals surface area contributed by atoms with Gasteiger partial charge in [-0.05, 0) is 23.3 Å². The lowest BCUT2D eigenvalue weighted by Gasteiger charge is -2.26. The van der Waals surface area contributed by atoms with Crippen molar-refractivity contribution in [2.24, 2.45) is 0 Å². The minimum absolute atomic E-state index is 0.0183. The molecule has 2 aromatic rings. The number of halogens is 2. The molecule has 28 heavy (non-hydrogen) atoms. The van der Waals surface area contributed by atoms with Crippen LogP contribution in [0, 0.1) is 11.6 Å². The Labute approximate surface area is 162 Å². The molecule has 2 aromatic carbocycles. The summed E-state index contributed by atoms with van der Waals surface area (Å²) in [4.78, 5) is 12.2. The third kappa shape index (κ3) is 4.92. The Hall–Kier alpha value is -2.36. The second-order valence-electron chi connectivity index (χ2n) is 6.34. The Morgan fingerprint density at radius 2 is 1.75 bits per heavy atom. The fraction of sp³-hybridized carbons (Fsp3) is 0.316. The highest BCUT2D eigenvalue weighted by Crippen LogP contribution is 2.17. The van der Waals surface area contributed by atoms with Crippen LogP contribution in [0.4, 0.5) is 8.78 Å². The zero-order valence-electron chi connectivity index (χ0n) is 15.0. The predicted molar refractivity (Wildman–Crippen MR) is 99.0 cm³/mol. The molecular weight excluding hydrogens is 390 g/mol. The zero-order chi connectivity index (χ0) is 20.1. The van der Waals surface area contributed by atoms with Crippen LogP contribution in [-0.4, -0.2) is 44.9 Å². The Morgan fingerprint density at radius 1 is 1.07 bits per heavy atom. The van der Waals surface area contributed by atoms with Crippen LogP contribution in [0.3, 0.4) is 0 Å². The van der Waals surface area contributed by atoms with Crippen molar-refractivity contribution in [3.05, 3.63) is 70.8 Å². The number of sulfonamides is 1. The van der Waals surface area contributed by atoms with E-state index in [9.17, 15) is 22.0 Å². The van der Waals surface area contributed by atoms with Gasteiger partial charge in [0.25, 0.3) is 5.91 Å². The summed E-state index contributed by atoms with van der Waals surface area (Å²) in [7, 11) is -3.52. The summed E-state index contributed by atoms with van der Waals surface area (Å²) in [5, 5.41) is 2.55. The lowest BCUT2D eigenvalue weighted by atomic mass is 10.1. The van der Waals surface area contributed by atoms with Crippen LogP contribution in [0.5, 0.6) is 0 Å². The van der Waals surface area contributed by atoms with Crippen LogP contribution in [0.15, 0.2) is 42.5 Å². The van der Waals surface area contributed by atoms with Crippen LogP contribution in [0.1, 0.15) is 21.5 Å². The topological polar surface area (TPSA) is 75.7 Å². The molecule has 0 saturated carbocycles. The fourth-order valence-corrected chi connectivity index (χ4v) is 4.49. The van der Waals surface area contributed by atoms with Crippen LogP contribution >= 0.6 is 0 Å². The SMILES string of the molecule is O=C(NCc1ccccc1CS(=O)(=O)N1CCOCC1)c1ccc(F)cc1F. The van der Waals surface area contributed by atoms with E-state index in [2.05, 4.69) is 5.32 Å². The summed E-state index contributed by atoms with van der Waals surface area (Å²) in [6, 6.07) is 9.52. The molecule has 150 valence electrons. The number of benzene rings is 2. The molecule has 0 radical (unpaired) electrons. The normalized spacial score (nSPS) is 15.4. The summed E-state index contributed by atoms with van der Waals surface area (Å²) >= 11 is 0. The smallest absolute Gasteiger partial charge is 0.254 e. The molecule has 1 aliphatic rings. The third-order valence-electron chi connectivity index (χ3n) is 4.43. The van der Waals surface area contributed by atoms with Gasteiger partial charge in [0.15, 0.2) is 0 Å². The van der Waals surface area contributed by atoms with E-state index in [-0.39, 0.29) is 17.9 Å². The number of nitrogens with one attached hydrogen (secondary N) is 1. The van der Waals surface area contributed by atoms with Crippen molar-refractivity contribution in [1.82, 2.24) is 9.62 Å². The second kappa shape index (κ2) is 8.76. The molecule has 0 bridgehead atoms. The first-order valence-electron chi connectivity index (χ1n) is 8.72. The molecule has 1 aliphatic heterocycles. The van der Waals surface area contributed by atoms with Crippen molar-refractivity contribution in [2.45, 2.75) is 12.3 Å². The van der Waals surface area contributed by atoms with Gasteiger partial charge in [-0.15, -0.1) is 0 Å². The number of carbonyl (C=O) groups is 1. The van der Waals surface area contributed by atoms with Crippen LogP contribution in [-0.2, 0) is 27.1 Å². The lowest BCUT2D eigenvalue weighted by Crippen LogP contribution is -2.41. The number of nitrogens with zero attached hydrogens (tertiary/aromatic N) is 1. The maximum absolute atomic E-state index is 13.7. The Balaban J connectivity index is 1.71. The lowest BCUT2D eigenvalue weighted by molar-refractivity contribution is 0.0729. The van der Waals surface area contributed by atoms with Crippen molar-refractivity contribution >= 4 is 15.9 Å². The molecule has 0 aromatic heterocycles. The van der Waals surface area contributed by atoms with Crippen LogP contribution in [0.2, 0.25) is 0 Å². The summed E-state index contributed by atoms with van der Waals surface area (Å²) in [6.45, 7) is 1.36. The molecule has 9 heteroatoms. The molecule has 1 saturated heterocycles. The predicted octanol–water partition coefficient (Wildman–Crippen LogP) is 2.06. The van der Waals surface area contributed by atoms with E-state index in [1.54, 1.807) is 24.3 Å². The van der Waals surface area contributed by atoms with Crippen molar-refractivity contribution in [2.75, 3.05) is 26.3 Å². The maximum atomic E-state index is 13.7. The van der Waals surface area contributed by atoms with E-state index in [0.717, 1.165) is 12.1 Å². The number of ether oxygens (including phenoxy) is 1. The third-order valence-corrected chi connectivity index (χ3v) is 6.26. The highest BCUT2D eigenvalue weighted by molar-refractivity contribution is 7.88. The van der Waals surface area contributed by atoms with Gasteiger partial charge < -0.3 is 10.1 Å². The first-order valence-corrected chi connectivity index (χ1v) is 10.3. The highest BCUT2D eigenvalue weighted by atomic mass is 32.2. The maximum Gasteiger partial charge on any atom is 0.254 e. The van der Waals surface area contributed by atoms with E-state index >= 15 is 0 Å². The van der Waals surface area contributed by atoms with Gasteiger partial charge in [0.05, 0.1) is 24.5 Å². The standard InChI is InChI=1S/C19H20F2N2O4S/c20-16-5-6-17(18(21)11-16)19(24)22-12-14-3-1-2-4-15(14)13-28(25,26)23-7-9-27-10-8-23/h1-6,11H,7-10,12-13H2,(H,22,24). The molecule has 1 heterocycles. The van der Waals surface area contributed by atoms with E-state index in [1.165, 1.54) is 4.31 Å². The Kier molecular flexibility index (Phi) is 6.38. The van der Waals surface area contributed by atoms with Gasteiger partial charge in [-0.25, -0.2) is 17.2 Å². The molecular formula is C19H20F2N2O4S. The molecule has 0 aliphatic carbocycles. The summed E-state index contributed by atoms with van der Waals surface area (Å²) in [5.41, 5.74) is 0.879. The van der Waals surface area contributed by atoms with Gasteiger partial charge in [-0.2, -0.15) is 4.31 Å². The summed E-state index contributed by atoms with van der Waals surface area (Å²) in [5.74, 6) is -2.64. The van der Waals surface area contributed by atoms with Crippen molar-refractivity contribution < 1.29 is 26.7 Å². The Bertz CT molecular complexity index is 960. The fourth-order valence-electron chi connectivity index (χ4n) is 2.93. The van der Waals surface area contributed by atoms with Gasteiger partial charge in [0, 0.05) is 25.7 Å². The zero-order valence-corrected chi connectivity index (χ0v) is 15.8. The van der Waals surface area contributed by atoms with E-state index in [0.29, 0.717) is 43.5 Å². The van der Waals surface area contributed by atoms with Gasteiger partial charge in [-0.1, -0.05) is 24.3 Å². The van der Waals surface area contributed by atoms with Gasteiger partial charge in [-0.3, -0.25) is 4.79 Å². The minimum atomic E-state index is -3.52. The largest absolute Gasteiger partial charge is 0.379 e. The first kappa shape index (κ1) is 20.4. The van der Waals surface area contributed by atoms with E-state index in [1.807, 2.05) is 0 Å². The molecule has 3 rings (SSSR count). The highest BCUT2D eigenvalue weighted by Gasteiger charge is 2.25. The number of amides is 1. The number of carbonyl (C=O) groups excluding carboxylic acids is 1. The van der Waals surface area contributed by atoms with E-state index < -0.39 is 27.6 Å². The molecule has 1 amide bonds. The molecule has 6 nitrogen and oxygen atoms in total. The number of hydrogen-bond acceptors (Lipinski definition) is 4. The van der Waals surface area contributed by atoms with Crippen LogP contribution < -0.4 is 5.32 Å².